The highest BCUT2D eigenvalue weighted by Crippen LogP contribution is 2.50. The van der Waals surface area contributed by atoms with E-state index in [0.717, 1.165) is 24.0 Å². The number of piperazine rings is 2. The van der Waals surface area contributed by atoms with Crippen LogP contribution in [0.2, 0.25) is 0 Å². The third kappa shape index (κ3) is 2.99. The minimum Gasteiger partial charge on any atom is -0.342 e. The number of benzene rings is 2. The Labute approximate surface area is 169 Å². The van der Waals surface area contributed by atoms with Gasteiger partial charge in [-0.05, 0) is 24.0 Å². The van der Waals surface area contributed by atoms with E-state index in [1.54, 1.807) is 0 Å². The number of carbonyl (C=O) groups is 3. The molecule has 0 bridgehead atoms. The quantitative estimate of drug-likeness (QED) is 0.862. The molecule has 29 heavy (non-hydrogen) atoms. The number of carbonyl (C=O) groups excluding carboxylic acids is 3. The van der Waals surface area contributed by atoms with Crippen molar-refractivity contribution in [2.24, 2.45) is 0 Å². The molecule has 2 heterocycles. The maximum atomic E-state index is 13.2. The van der Waals surface area contributed by atoms with Crippen LogP contribution < -0.4 is 5.32 Å². The molecule has 1 N–H and O–H groups in total. The van der Waals surface area contributed by atoms with Gasteiger partial charge in [-0.3, -0.25) is 14.4 Å². The number of nitrogens with one attached hydrogen (secondary N) is 1. The molecule has 0 aromatic heterocycles. The Balaban J connectivity index is 1.40. The van der Waals surface area contributed by atoms with Gasteiger partial charge in [0.1, 0.15) is 18.6 Å². The lowest BCUT2D eigenvalue weighted by molar-refractivity contribution is -0.166. The summed E-state index contributed by atoms with van der Waals surface area (Å²) in [6, 6.07) is 18.2. The number of hydrogen-bond donors (Lipinski definition) is 1. The molecule has 5 rings (SSSR count). The zero-order valence-electron chi connectivity index (χ0n) is 16.1. The molecular formula is C23H23N3O3. The fraction of sp³-hybridized carbons (Fsp3) is 0.348. The molecule has 1 spiro atoms. The summed E-state index contributed by atoms with van der Waals surface area (Å²) in [4.78, 5) is 42.7. The third-order valence-electron chi connectivity index (χ3n) is 6.34. The van der Waals surface area contributed by atoms with Crippen molar-refractivity contribution in [3.05, 3.63) is 71.8 Å². The molecule has 0 radical (unpaired) electrons. The topological polar surface area (TPSA) is 69.7 Å². The Hall–Kier alpha value is -3.15. The van der Waals surface area contributed by atoms with Crippen molar-refractivity contribution >= 4 is 17.7 Å². The summed E-state index contributed by atoms with van der Waals surface area (Å²) in [5.41, 5.74) is 1.45. The molecule has 1 saturated carbocycles. The van der Waals surface area contributed by atoms with E-state index in [-0.39, 0.29) is 24.3 Å². The minimum atomic E-state index is -0.620. The lowest BCUT2D eigenvalue weighted by Crippen LogP contribution is -2.75. The van der Waals surface area contributed by atoms with Gasteiger partial charge in [-0.1, -0.05) is 60.7 Å². The molecule has 2 aromatic rings. The van der Waals surface area contributed by atoms with E-state index < -0.39 is 17.6 Å². The second kappa shape index (κ2) is 6.72. The summed E-state index contributed by atoms with van der Waals surface area (Å²) in [6.07, 6.45) is 1.93. The standard InChI is InChI=1S/C23H23N3O3/c27-19-15-25-20(23(11-12-23)26(19)14-17-9-5-2-6-10-17)21(28)24-18(22(25)29)13-16-7-3-1-4-8-16/h1-10,18,20H,11-15H2,(H,24,28)/t18-,20+/m0/s1. The molecular weight excluding hydrogens is 366 g/mol. The monoisotopic (exact) mass is 389 g/mol. The van der Waals surface area contributed by atoms with Gasteiger partial charge in [-0.2, -0.15) is 0 Å². The second-order valence-corrected chi connectivity index (χ2v) is 8.19. The Morgan fingerprint density at radius 3 is 2.14 bits per heavy atom. The van der Waals surface area contributed by atoms with Crippen molar-refractivity contribution in [3.8, 4) is 0 Å². The highest BCUT2D eigenvalue weighted by Gasteiger charge is 2.65. The third-order valence-corrected chi connectivity index (χ3v) is 6.34. The molecule has 2 aromatic carbocycles. The van der Waals surface area contributed by atoms with Crippen LogP contribution in [0, 0.1) is 0 Å². The van der Waals surface area contributed by atoms with E-state index in [1.165, 1.54) is 4.90 Å². The van der Waals surface area contributed by atoms with E-state index in [2.05, 4.69) is 5.32 Å². The van der Waals surface area contributed by atoms with Gasteiger partial charge in [0.25, 0.3) is 0 Å². The highest BCUT2D eigenvalue weighted by atomic mass is 16.2. The zero-order valence-corrected chi connectivity index (χ0v) is 16.1. The van der Waals surface area contributed by atoms with Crippen LogP contribution in [0.15, 0.2) is 60.7 Å². The summed E-state index contributed by atoms with van der Waals surface area (Å²) in [6.45, 7) is 0.440. The van der Waals surface area contributed by atoms with Crippen molar-refractivity contribution in [3.63, 3.8) is 0 Å². The average molecular weight is 389 g/mol. The lowest BCUT2D eigenvalue weighted by Gasteiger charge is -2.50. The highest BCUT2D eigenvalue weighted by molar-refractivity contribution is 6.02. The zero-order chi connectivity index (χ0) is 20.0. The van der Waals surface area contributed by atoms with Gasteiger partial charge in [-0.15, -0.1) is 0 Å². The van der Waals surface area contributed by atoms with E-state index in [4.69, 9.17) is 0 Å². The van der Waals surface area contributed by atoms with Crippen molar-refractivity contribution in [1.82, 2.24) is 15.1 Å². The summed E-state index contributed by atoms with van der Waals surface area (Å²) < 4.78 is 0. The maximum absolute atomic E-state index is 13.2. The van der Waals surface area contributed by atoms with Crippen molar-refractivity contribution in [2.45, 2.75) is 43.4 Å². The Morgan fingerprint density at radius 1 is 0.897 bits per heavy atom. The predicted molar refractivity (Wildman–Crippen MR) is 107 cm³/mol. The molecule has 1 aliphatic carbocycles. The van der Waals surface area contributed by atoms with Gasteiger partial charge in [0.15, 0.2) is 0 Å². The lowest BCUT2D eigenvalue weighted by atomic mass is 9.91. The van der Waals surface area contributed by atoms with Gasteiger partial charge >= 0.3 is 0 Å². The summed E-state index contributed by atoms with van der Waals surface area (Å²) >= 11 is 0. The van der Waals surface area contributed by atoms with Crippen LogP contribution in [0.4, 0.5) is 0 Å². The molecule has 3 fully saturated rings. The van der Waals surface area contributed by atoms with Crippen LogP contribution >= 0.6 is 0 Å². The van der Waals surface area contributed by atoms with E-state index in [1.807, 2.05) is 65.6 Å². The molecule has 6 heteroatoms. The first-order valence-electron chi connectivity index (χ1n) is 10.1. The minimum absolute atomic E-state index is 0.0310. The molecule has 2 saturated heterocycles. The number of hydrogen-bond acceptors (Lipinski definition) is 3. The van der Waals surface area contributed by atoms with Crippen molar-refractivity contribution in [1.29, 1.82) is 0 Å². The van der Waals surface area contributed by atoms with E-state index >= 15 is 0 Å². The Bertz CT molecular complexity index is 956. The summed E-state index contributed by atoms with van der Waals surface area (Å²) in [5, 5.41) is 2.94. The Morgan fingerprint density at radius 2 is 1.52 bits per heavy atom. The first kappa shape index (κ1) is 17.9. The average Bonchev–Trinajstić information content (AvgIpc) is 3.51. The van der Waals surface area contributed by atoms with Crippen LogP contribution in [0.3, 0.4) is 0 Å². The first-order valence-corrected chi connectivity index (χ1v) is 10.1. The number of fused-ring (bicyclic) bond motifs is 2. The van der Waals surface area contributed by atoms with Crippen LogP contribution in [-0.2, 0) is 27.3 Å². The van der Waals surface area contributed by atoms with E-state index in [0.29, 0.717) is 13.0 Å². The fourth-order valence-electron chi connectivity index (χ4n) is 4.78. The molecule has 0 unspecified atom stereocenters. The molecule has 3 aliphatic rings. The molecule has 148 valence electrons. The van der Waals surface area contributed by atoms with Crippen LogP contribution in [0.25, 0.3) is 0 Å². The molecule has 6 nitrogen and oxygen atoms in total. The predicted octanol–water partition coefficient (Wildman–Crippen LogP) is 1.50. The maximum Gasteiger partial charge on any atom is 0.246 e. The SMILES string of the molecule is O=C1N[C@@H](Cc2ccccc2)C(=O)N2CC(=O)N(Cc3ccccc3)C3(CC3)[C@@H]12. The van der Waals surface area contributed by atoms with Gasteiger partial charge in [0.2, 0.25) is 17.7 Å². The van der Waals surface area contributed by atoms with Gasteiger partial charge in [0, 0.05) is 13.0 Å². The molecule has 2 atom stereocenters. The van der Waals surface area contributed by atoms with Crippen molar-refractivity contribution in [2.75, 3.05) is 6.54 Å². The van der Waals surface area contributed by atoms with Crippen LogP contribution in [0.5, 0.6) is 0 Å². The number of rotatable bonds is 4. The van der Waals surface area contributed by atoms with Crippen LogP contribution in [0.1, 0.15) is 24.0 Å². The fourth-order valence-corrected chi connectivity index (χ4v) is 4.78. The molecule has 2 aliphatic heterocycles. The number of nitrogens with zero attached hydrogens (tertiary/aromatic N) is 2. The van der Waals surface area contributed by atoms with Gasteiger partial charge < -0.3 is 15.1 Å². The van der Waals surface area contributed by atoms with Crippen molar-refractivity contribution < 1.29 is 14.4 Å². The Kier molecular flexibility index (Phi) is 4.15. The van der Waals surface area contributed by atoms with Gasteiger partial charge in [0.05, 0.1) is 5.54 Å². The summed E-state index contributed by atoms with van der Waals surface area (Å²) in [7, 11) is 0. The largest absolute Gasteiger partial charge is 0.342 e. The van der Waals surface area contributed by atoms with Gasteiger partial charge in [-0.25, -0.2) is 0 Å². The second-order valence-electron chi connectivity index (χ2n) is 8.19. The first-order chi connectivity index (χ1) is 14.1. The number of amides is 3. The molecule has 3 amide bonds. The normalized spacial score (nSPS) is 25.0. The van der Waals surface area contributed by atoms with E-state index in [9.17, 15) is 14.4 Å². The smallest absolute Gasteiger partial charge is 0.246 e. The summed E-state index contributed by atoms with van der Waals surface area (Å²) in [5.74, 6) is -0.379. The van der Waals surface area contributed by atoms with Crippen LogP contribution in [-0.4, -0.2) is 51.7 Å².